The average Bonchev–Trinajstić information content (AvgIpc) is 3.64. The molecule has 2 aromatic carbocycles. The van der Waals surface area contributed by atoms with Gasteiger partial charge in [0, 0.05) is 24.2 Å². The van der Waals surface area contributed by atoms with Crippen molar-refractivity contribution in [2.24, 2.45) is 0 Å². The van der Waals surface area contributed by atoms with Gasteiger partial charge in [0.05, 0.1) is 20.0 Å². The van der Waals surface area contributed by atoms with E-state index < -0.39 is 11.4 Å². The fraction of sp³-hybridized carbons (Fsp3) is 0.333. The average molecular weight is 522 g/mol. The Hall–Kier alpha value is -3.85. The second kappa shape index (κ2) is 9.89. The van der Waals surface area contributed by atoms with Crippen molar-refractivity contribution in [1.29, 1.82) is 0 Å². The van der Waals surface area contributed by atoms with Crippen molar-refractivity contribution in [2.45, 2.75) is 51.0 Å². The van der Waals surface area contributed by atoms with Gasteiger partial charge in [-0.25, -0.2) is 4.98 Å². The van der Waals surface area contributed by atoms with E-state index in [1.54, 1.807) is 29.6 Å². The maximum Gasteiger partial charge on any atom is 0.274 e. The molecule has 0 radical (unpaired) electrons. The molecule has 5 rings (SSSR count). The van der Waals surface area contributed by atoms with Crippen LogP contribution in [0.1, 0.15) is 51.9 Å². The third kappa shape index (κ3) is 4.79. The predicted octanol–water partition coefficient (Wildman–Crippen LogP) is 3.17. The minimum atomic E-state index is -1.12. The monoisotopic (exact) mass is 521 g/mol. The summed E-state index contributed by atoms with van der Waals surface area (Å²) in [5.41, 5.74) is 0.799. The number of nitrogens with zero attached hydrogens (tertiary/aromatic N) is 3. The SMILES string of the molecule is COc1ccc(CNC(=O)[C@]2(C)Cn3cnc(C(=O)NCc4ccccc4Cl)c3C(=O)N2C2CC2)cc1. The Kier molecular flexibility index (Phi) is 6.64. The molecule has 37 heavy (non-hydrogen) atoms. The molecule has 1 atom stereocenters. The second-order valence-electron chi connectivity index (χ2n) is 9.55. The molecule has 1 saturated carbocycles. The Morgan fingerprint density at radius 1 is 1.11 bits per heavy atom. The summed E-state index contributed by atoms with van der Waals surface area (Å²) >= 11 is 6.20. The highest BCUT2D eigenvalue weighted by atomic mass is 35.5. The number of nitrogens with one attached hydrogen (secondary N) is 2. The second-order valence-corrected chi connectivity index (χ2v) is 9.96. The molecule has 1 aliphatic heterocycles. The van der Waals surface area contributed by atoms with E-state index in [4.69, 9.17) is 16.3 Å². The third-order valence-corrected chi connectivity index (χ3v) is 7.26. The zero-order valence-electron chi connectivity index (χ0n) is 20.7. The van der Waals surface area contributed by atoms with E-state index in [1.165, 1.54) is 6.33 Å². The Bertz CT molecular complexity index is 1350. The van der Waals surface area contributed by atoms with Gasteiger partial charge in [-0.1, -0.05) is 41.9 Å². The van der Waals surface area contributed by atoms with E-state index in [9.17, 15) is 14.4 Å². The molecule has 1 fully saturated rings. The van der Waals surface area contributed by atoms with E-state index >= 15 is 0 Å². The zero-order valence-corrected chi connectivity index (χ0v) is 21.4. The summed E-state index contributed by atoms with van der Waals surface area (Å²) in [4.78, 5) is 46.1. The van der Waals surface area contributed by atoms with Crippen LogP contribution >= 0.6 is 11.6 Å². The first-order chi connectivity index (χ1) is 17.8. The number of fused-ring (bicyclic) bond motifs is 1. The number of hydrogen-bond acceptors (Lipinski definition) is 5. The van der Waals surface area contributed by atoms with E-state index in [-0.39, 0.29) is 42.3 Å². The summed E-state index contributed by atoms with van der Waals surface area (Å²) in [6.07, 6.45) is 3.08. The van der Waals surface area contributed by atoms with Gasteiger partial charge in [0.15, 0.2) is 5.69 Å². The van der Waals surface area contributed by atoms with E-state index in [1.807, 2.05) is 42.5 Å². The number of amides is 3. The molecule has 0 unspecified atom stereocenters. The van der Waals surface area contributed by atoms with Crippen molar-refractivity contribution >= 4 is 29.3 Å². The van der Waals surface area contributed by atoms with Gasteiger partial charge in [-0.2, -0.15) is 0 Å². The van der Waals surface area contributed by atoms with Crippen molar-refractivity contribution in [3.63, 3.8) is 0 Å². The van der Waals surface area contributed by atoms with Crippen LogP contribution in [0, 0.1) is 0 Å². The lowest BCUT2D eigenvalue weighted by Gasteiger charge is -2.44. The van der Waals surface area contributed by atoms with E-state index in [2.05, 4.69) is 15.6 Å². The van der Waals surface area contributed by atoms with Gasteiger partial charge in [0.25, 0.3) is 11.8 Å². The first-order valence-electron chi connectivity index (χ1n) is 12.1. The molecule has 192 valence electrons. The fourth-order valence-corrected chi connectivity index (χ4v) is 4.94. The number of imidazole rings is 1. The van der Waals surface area contributed by atoms with Gasteiger partial charge in [0.2, 0.25) is 5.91 Å². The van der Waals surface area contributed by atoms with Crippen LogP contribution in [0.3, 0.4) is 0 Å². The number of methoxy groups -OCH3 is 1. The zero-order chi connectivity index (χ0) is 26.2. The first kappa shape index (κ1) is 24.8. The Balaban J connectivity index is 1.35. The van der Waals surface area contributed by atoms with Crippen molar-refractivity contribution in [1.82, 2.24) is 25.1 Å². The van der Waals surface area contributed by atoms with Gasteiger partial charge in [-0.15, -0.1) is 0 Å². The van der Waals surface area contributed by atoms with Gasteiger partial charge >= 0.3 is 0 Å². The molecule has 1 aromatic heterocycles. The maximum absolute atomic E-state index is 13.7. The van der Waals surface area contributed by atoms with Gasteiger partial charge in [-0.05, 0) is 49.1 Å². The minimum absolute atomic E-state index is 0.0448. The van der Waals surface area contributed by atoms with E-state index in [0.29, 0.717) is 11.6 Å². The third-order valence-electron chi connectivity index (χ3n) is 6.89. The lowest BCUT2D eigenvalue weighted by molar-refractivity contribution is -0.133. The molecule has 2 N–H and O–H groups in total. The van der Waals surface area contributed by atoms with Crippen molar-refractivity contribution in [3.8, 4) is 5.75 Å². The van der Waals surface area contributed by atoms with Crippen LogP contribution in [0.15, 0.2) is 54.9 Å². The number of hydrogen-bond donors (Lipinski definition) is 2. The molecular formula is C27H28ClN5O4. The molecule has 9 nitrogen and oxygen atoms in total. The van der Waals surface area contributed by atoms with Crippen molar-refractivity contribution < 1.29 is 19.1 Å². The number of carbonyl (C=O) groups is 3. The van der Waals surface area contributed by atoms with Crippen LogP contribution in [0.5, 0.6) is 5.75 Å². The Morgan fingerprint density at radius 2 is 1.84 bits per heavy atom. The number of benzene rings is 2. The lowest BCUT2D eigenvalue weighted by atomic mass is 9.93. The molecule has 3 amide bonds. The number of rotatable bonds is 8. The van der Waals surface area contributed by atoms with Crippen molar-refractivity contribution in [2.75, 3.05) is 7.11 Å². The highest BCUT2D eigenvalue weighted by Gasteiger charge is 2.53. The topological polar surface area (TPSA) is 106 Å². The number of halogens is 1. The molecule has 0 spiro atoms. The molecule has 3 aromatic rings. The van der Waals surface area contributed by atoms with Gasteiger partial charge in [0.1, 0.15) is 17.0 Å². The van der Waals surface area contributed by atoms with Crippen molar-refractivity contribution in [3.05, 3.63) is 82.4 Å². The van der Waals surface area contributed by atoms with E-state index in [0.717, 1.165) is 29.7 Å². The highest BCUT2D eigenvalue weighted by Crippen LogP contribution is 2.39. The summed E-state index contributed by atoms with van der Waals surface area (Å²) in [5, 5.41) is 6.33. The molecule has 1 aliphatic carbocycles. The number of ether oxygens (including phenoxy) is 1. The van der Waals surface area contributed by atoms with Crippen LogP contribution in [-0.4, -0.2) is 50.9 Å². The normalized spacial score (nSPS) is 18.8. The van der Waals surface area contributed by atoms with Crippen LogP contribution in [0.25, 0.3) is 0 Å². The number of aromatic nitrogens is 2. The summed E-state index contributed by atoms with van der Waals surface area (Å²) in [5.74, 6) is -0.353. The van der Waals surface area contributed by atoms with Crippen LogP contribution in [0.4, 0.5) is 0 Å². The molecule has 0 saturated heterocycles. The Morgan fingerprint density at radius 3 is 2.51 bits per heavy atom. The molecule has 10 heteroatoms. The first-order valence-corrected chi connectivity index (χ1v) is 12.5. The van der Waals surface area contributed by atoms with Crippen LogP contribution < -0.4 is 15.4 Å². The summed E-state index contributed by atoms with van der Waals surface area (Å²) in [7, 11) is 1.60. The lowest BCUT2D eigenvalue weighted by Crippen LogP contribution is -2.64. The predicted molar refractivity (Wildman–Crippen MR) is 137 cm³/mol. The van der Waals surface area contributed by atoms with Crippen LogP contribution in [0.2, 0.25) is 5.02 Å². The molecule has 0 bridgehead atoms. The highest BCUT2D eigenvalue weighted by molar-refractivity contribution is 6.31. The summed E-state index contributed by atoms with van der Waals surface area (Å²) in [6, 6.07) is 14.6. The molecular weight excluding hydrogens is 494 g/mol. The standard InChI is InChI=1S/C27H28ClN5O4/c1-27(26(36)30-13-17-7-11-20(37-2)12-8-17)15-32-16-31-22(23(32)25(35)33(27)19-9-10-19)24(34)29-14-18-5-3-4-6-21(18)28/h3-8,11-12,16,19H,9-10,13-15H2,1-2H3,(H,29,34)(H,30,36)/t27-/m0/s1. The maximum atomic E-state index is 13.7. The number of carbonyl (C=O) groups excluding carboxylic acids is 3. The smallest absolute Gasteiger partial charge is 0.274 e. The largest absolute Gasteiger partial charge is 0.497 e. The molecule has 2 aliphatic rings. The quantitative estimate of drug-likeness (QED) is 0.473. The van der Waals surface area contributed by atoms with Gasteiger partial charge in [-0.3, -0.25) is 14.4 Å². The Labute approximate surface area is 219 Å². The summed E-state index contributed by atoms with van der Waals surface area (Å²) in [6.45, 7) is 2.49. The fourth-order valence-electron chi connectivity index (χ4n) is 4.74. The van der Waals surface area contributed by atoms with Gasteiger partial charge < -0.3 is 24.8 Å². The molecule has 2 heterocycles. The summed E-state index contributed by atoms with van der Waals surface area (Å²) < 4.78 is 6.80. The minimum Gasteiger partial charge on any atom is -0.497 e. The van der Waals surface area contributed by atoms with Crippen LogP contribution in [-0.2, 0) is 24.4 Å².